The Kier molecular flexibility index (Phi) is 6.05. The van der Waals surface area contributed by atoms with Gasteiger partial charge in [0.1, 0.15) is 11.5 Å². The van der Waals surface area contributed by atoms with Crippen LogP contribution in [-0.2, 0) is 12.8 Å². The number of furan rings is 1. The van der Waals surface area contributed by atoms with Gasteiger partial charge in [-0.25, -0.2) is 15.0 Å². The van der Waals surface area contributed by atoms with E-state index in [1.807, 2.05) is 18.2 Å². The van der Waals surface area contributed by atoms with Crippen LogP contribution in [0.1, 0.15) is 46.2 Å². The molecule has 0 amide bonds. The smallest absolute Gasteiger partial charge is 0.164 e. The number of benzene rings is 5. The monoisotopic (exact) mass is 579 g/mol. The van der Waals surface area contributed by atoms with Crippen LogP contribution < -0.4 is 0 Å². The Balaban J connectivity index is 1.21. The minimum absolute atomic E-state index is 0.262. The molecule has 0 spiro atoms. The van der Waals surface area contributed by atoms with Gasteiger partial charge in [-0.2, -0.15) is 0 Å². The van der Waals surface area contributed by atoms with Crippen LogP contribution in [0.15, 0.2) is 132 Å². The van der Waals surface area contributed by atoms with Crippen molar-refractivity contribution in [3.8, 4) is 34.1 Å². The van der Waals surface area contributed by atoms with E-state index in [9.17, 15) is 0 Å². The van der Waals surface area contributed by atoms with Crippen LogP contribution in [0.4, 0.5) is 0 Å². The first-order valence-electron chi connectivity index (χ1n) is 15.6. The second-order valence-electron chi connectivity index (χ2n) is 11.9. The molecule has 7 aromatic rings. The number of aromatic nitrogens is 3. The molecule has 0 saturated carbocycles. The summed E-state index contributed by atoms with van der Waals surface area (Å²) in [6, 6.07) is 44.4. The zero-order valence-corrected chi connectivity index (χ0v) is 24.7. The van der Waals surface area contributed by atoms with E-state index in [0.29, 0.717) is 17.5 Å². The van der Waals surface area contributed by atoms with Gasteiger partial charge in [-0.15, -0.1) is 0 Å². The molecule has 1 atom stereocenters. The Morgan fingerprint density at radius 3 is 2.16 bits per heavy atom. The van der Waals surface area contributed by atoms with Gasteiger partial charge in [0.2, 0.25) is 0 Å². The molecule has 5 aromatic carbocycles. The largest absolute Gasteiger partial charge is 0.456 e. The molecule has 0 radical (unpaired) electrons. The van der Waals surface area contributed by atoms with Gasteiger partial charge in [0.05, 0.1) is 0 Å². The lowest BCUT2D eigenvalue weighted by Gasteiger charge is -2.26. The van der Waals surface area contributed by atoms with Gasteiger partial charge >= 0.3 is 0 Å². The fourth-order valence-corrected chi connectivity index (χ4v) is 7.09. The Morgan fingerprint density at radius 1 is 0.578 bits per heavy atom. The van der Waals surface area contributed by atoms with Crippen molar-refractivity contribution in [3.63, 3.8) is 0 Å². The second-order valence-corrected chi connectivity index (χ2v) is 11.9. The zero-order chi connectivity index (χ0) is 29.7. The summed E-state index contributed by atoms with van der Waals surface area (Å²) in [5.41, 5.74) is 9.55. The second kappa shape index (κ2) is 10.5. The van der Waals surface area contributed by atoms with Crippen molar-refractivity contribution in [2.24, 2.45) is 0 Å². The van der Waals surface area contributed by atoms with Crippen molar-refractivity contribution < 1.29 is 4.42 Å². The van der Waals surface area contributed by atoms with Gasteiger partial charge in [-0.3, -0.25) is 0 Å². The summed E-state index contributed by atoms with van der Waals surface area (Å²) >= 11 is 0. The van der Waals surface area contributed by atoms with Crippen LogP contribution in [0.2, 0.25) is 0 Å². The van der Waals surface area contributed by atoms with Crippen molar-refractivity contribution in [1.82, 2.24) is 15.0 Å². The van der Waals surface area contributed by atoms with Crippen LogP contribution in [0.5, 0.6) is 0 Å². The molecule has 0 saturated heterocycles. The Morgan fingerprint density at radius 2 is 1.27 bits per heavy atom. The lowest BCUT2D eigenvalue weighted by Crippen LogP contribution is -2.14. The molecule has 2 aliphatic carbocycles. The normalized spacial score (nSPS) is 15.2. The maximum atomic E-state index is 6.80. The molecule has 0 aliphatic heterocycles. The van der Waals surface area contributed by atoms with E-state index in [2.05, 4.69) is 115 Å². The fraction of sp³-hybridized carbons (Fsp3) is 0.0976. The van der Waals surface area contributed by atoms with Crippen molar-refractivity contribution in [2.75, 3.05) is 0 Å². The minimum Gasteiger partial charge on any atom is -0.456 e. The van der Waals surface area contributed by atoms with E-state index in [-0.39, 0.29) is 5.92 Å². The third-order valence-electron chi connectivity index (χ3n) is 9.25. The lowest BCUT2D eigenvalue weighted by atomic mass is 9.76. The summed E-state index contributed by atoms with van der Waals surface area (Å²) in [4.78, 5) is 15.2. The van der Waals surface area contributed by atoms with Gasteiger partial charge in [0.25, 0.3) is 0 Å². The number of hydrogen-bond acceptors (Lipinski definition) is 4. The van der Waals surface area contributed by atoms with E-state index in [4.69, 9.17) is 19.4 Å². The first-order valence-corrected chi connectivity index (χ1v) is 15.6. The Hall–Kier alpha value is -5.61. The third kappa shape index (κ3) is 4.41. The van der Waals surface area contributed by atoms with Crippen LogP contribution in [-0.4, -0.2) is 15.0 Å². The van der Waals surface area contributed by atoms with E-state index in [1.54, 1.807) is 0 Å². The predicted octanol–water partition coefficient (Wildman–Crippen LogP) is 9.79. The molecule has 214 valence electrons. The molecule has 4 heteroatoms. The molecule has 1 unspecified atom stereocenters. The summed E-state index contributed by atoms with van der Waals surface area (Å²) in [5, 5.41) is 2.29. The molecule has 0 fully saturated rings. The van der Waals surface area contributed by atoms with Gasteiger partial charge in [-0.05, 0) is 47.2 Å². The molecule has 0 N–H and O–H groups in total. The molecule has 9 rings (SSSR count). The standard InChI is InChI=1S/C41H29N3O/c1-3-12-27(13-4-1)35-24-29-17-8-10-20-32(29)38-37(35)34-23-22-30(25-36(34)45-38)40-42-39(28-15-5-2-6-16-28)43-41(44-40)33-21-11-18-26-14-7-9-19-31(26)33/h1-21,25,35H,22-24H2. The number of nitrogens with zero attached hydrogens (tertiary/aromatic N) is 3. The van der Waals surface area contributed by atoms with E-state index in [1.165, 1.54) is 27.8 Å². The molecule has 2 heterocycles. The molecular formula is C41H29N3O. The van der Waals surface area contributed by atoms with E-state index < -0.39 is 0 Å². The maximum absolute atomic E-state index is 6.80. The summed E-state index contributed by atoms with van der Waals surface area (Å²) in [5.74, 6) is 4.24. The highest BCUT2D eigenvalue weighted by molar-refractivity contribution is 5.95. The molecule has 2 aromatic heterocycles. The summed E-state index contributed by atoms with van der Waals surface area (Å²) in [6.07, 6.45) is 4.85. The average Bonchev–Trinajstić information content (AvgIpc) is 3.51. The number of fused-ring (bicyclic) bond motifs is 6. The van der Waals surface area contributed by atoms with Crippen molar-refractivity contribution in [1.29, 1.82) is 0 Å². The van der Waals surface area contributed by atoms with Gasteiger partial charge < -0.3 is 4.42 Å². The molecule has 4 nitrogen and oxygen atoms in total. The number of hydrogen-bond donors (Lipinski definition) is 0. The van der Waals surface area contributed by atoms with Crippen molar-refractivity contribution >= 4 is 22.4 Å². The van der Waals surface area contributed by atoms with Gasteiger partial charge in [0.15, 0.2) is 17.5 Å². The van der Waals surface area contributed by atoms with Crippen LogP contribution >= 0.6 is 0 Å². The van der Waals surface area contributed by atoms with Crippen LogP contribution in [0, 0.1) is 0 Å². The summed E-state index contributed by atoms with van der Waals surface area (Å²) in [6.45, 7) is 0. The highest BCUT2D eigenvalue weighted by Gasteiger charge is 2.34. The van der Waals surface area contributed by atoms with Crippen molar-refractivity contribution in [2.45, 2.75) is 25.2 Å². The number of rotatable bonds is 4. The van der Waals surface area contributed by atoms with Crippen LogP contribution in [0.25, 0.3) is 56.5 Å². The molecule has 0 bridgehead atoms. The summed E-state index contributed by atoms with van der Waals surface area (Å²) in [7, 11) is 0. The molecule has 2 aliphatic rings. The minimum atomic E-state index is 0.262. The van der Waals surface area contributed by atoms with Gasteiger partial charge in [0, 0.05) is 39.3 Å². The molecular weight excluding hydrogens is 550 g/mol. The highest BCUT2D eigenvalue weighted by atomic mass is 16.3. The first kappa shape index (κ1) is 25.8. The quantitative estimate of drug-likeness (QED) is 0.208. The lowest BCUT2D eigenvalue weighted by molar-refractivity contribution is 0.558. The maximum Gasteiger partial charge on any atom is 0.164 e. The average molecular weight is 580 g/mol. The van der Waals surface area contributed by atoms with E-state index >= 15 is 0 Å². The van der Waals surface area contributed by atoms with Crippen molar-refractivity contribution in [3.05, 3.63) is 161 Å². The Labute approximate surface area is 261 Å². The fourth-order valence-electron chi connectivity index (χ4n) is 7.09. The Bertz CT molecular complexity index is 2240. The topological polar surface area (TPSA) is 51.8 Å². The molecule has 45 heavy (non-hydrogen) atoms. The highest BCUT2D eigenvalue weighted by Crippen LogP contribution is 2.49. The predicted molar refractivity (Wildman–Crippen MR) is 181 cm³/mol. The SMILES string of the molecule is C1=C(c2nc(-c3ccccc3)nc(-c3cccc4ccccc34)n2)CCc2c1oc1c2C(c2ccccc2)Cc2ccccc2-1. The van der Waals surface area contributed by atoms with E-state index in [0.717, 1.165) is 58.3 Å². The zero-order valence-electron chi connectivity index (χ0n) is 24.7. The first-order chi connectivity index (χ1) is 22.3. The van der Waals surface area contributed by atoms with Gasteiger partial charge in [-0.1, -0.05) is 127 Å². The number of allylic oxidation sites excluding steroid dienone is 1. The van der Waals surface area contributed by atoms with Crippen LogP contribution in [0.3, 0.4) is 0 Å². The summed E-state index contributed by atoms with van der Waals surface area (Å²) < 4.78 is 6.80. The third-order valence-corrected chi connectivity index (χ3v) is 9.25.